The third-order valence-electron chi connectivity index (χ3n) is 9.67. The molecule has 1 atom stereocenters. The molecule has 3 heterocycles. The van der Waals surface area contributed by atoms with Crippen LogP contribution >= 0.6 is 0 Å². The van der Waals surface area contributed by atoms with Crippen molar-refractivity contribution in [3.63, 3.8) is 0 Å². The fraction of sp³-hybridized carbons (Fsp3) is 0.690. The number of carbonyl (C=O) groups excluding carboxylic acids is 3. The molecule has 0 bridgehead atoms. The Labute approximate surface area is 222 Å². The molecule has 0 aromatic heterocycles. The standard InChI is InChI=1S/C29H38F2N4O3/c30-29(31)14-16-34(17-15-29)20-9-12-28(13-10-20,11-8-19-4-5-19)33-23-3-1-2-21-22(23)18-35(27(21)38)24-6-7-25(36)32-26(24)37/h1-3,19-20,24,33H,4-18H2,(H,32,36,37). The lowest BCUT2D eigenvalue weighted by Crippen LogP contribution is -2.52. The second kappa shape index (κ2) is 9.88. The van der Waals surface area contributed by atoms with Crippen LogP contribution in [0.15, 0.2) is 18.2 Å². The van der Waals surface area contributed by atoms with Crippen LogP contribution in [0.25, 0.3) is 0 Å². The van der Waals surface area contributed by atoms with Crippen molar-refractivity contribution in [2.24, 2.45) is 5.92 Å². The van der Waals surface area contributed by atoms with Crippen LogP contribution in [0, 0.1) is 5.92 Å². The molecule has 0 radical (unpaired) electrons. The van der Waals surface area contributed by atoms with E-state index in [-0.39, 0.29) is 36.6 Å². The van der Waals surface area contributed by atoms with E-state index in [0.29, 0.717) is 37.7 Å². The number of hydrogen-bond donors (Lipinski definition) is 2. The van der Waals surface area contributed by atoms with Crippen LogP contribution in [0.2, 0.25) is 0 Å². The maximum absolute atomic E-state index is 13.7. The molecule has 6 rings (SSSR count). The molecule has 4 fully saturated rings. The number of benzene rings is 1. The lowest BCUT2D eigenvalue weighted by Gasteiger charge is -2.46. The third-order valence-corrected chi connectivity index (χ3v) is 9.67. The zero-order valence-corrected chi connectivity index (χ0v) is 21.9. The summed E-state index contributed by atoms with van der Waals surface area (Å²) in [6.07, 6.45) is 9.29. The van der Waals surface area contributed by atoms with Gasteiger partial charge in [-0.1, -0.05) is 18.9 Å². The van der Waals surface area contributed by atoms with Crippen LogP contribution in [0.3, 0.4) is 0 Å². The van der Waals surface area contributed by atoms with Gasteiger partial charge in [0.25, 0.3) is 11.8 Å². The number of carbonyl (C=O) groups is 3. The van der Waals surface area contributed by atoms with Crippen molar-refractivity contribution in [3.05, 3.63) is 29.3 Å². The first-order valence-corrected chi connectivity index (χ1v) is 14.4. The molecular weight excluding hydrogens is 490 g/mol. The van der Waals surface area contributed by atoms with Gasteiger partial charge in [-0.3, -0.25) is 24.6 Å². The van der Waals surface area contributed by atoms with Gasteiger partial charge in [0.2, 0.25) is 11.8 Å². The minimum absolute atomic E-state index is 0.0393. The number of halogens is 2. The highest BCUT2D eigenvalue weighted by atomic mass is 19.3. The minimum atomic E-state index is -2.52. The van der Waals surface area contributed by atoms with Crippen molar-refractivity contribution >= 4 is 23.4 Å². The highest BCUT2D eigenvalue weighted by molar-refractivity contribution is 6.06. The predicted octanol–water partition coefficient (Wildman–Crippen LogP) is 4.46. The van der Waals surface area contributed by atoms with Gasteiger partial charge in [0.05, 0.1) is 0 Å². The Balaban J connectivity index is 1.17. The van der Waals surface area contributed by atoms with Gasteiger partial charge in [0.15, 0.2) is 0 Å². The number of likely N-dealkylation sites (tertiary alicyclic amines) is 1. The monoisotopic (exact) mass is 528 g/mol. The number of piperidine rings is 2. The van der Waals surface area contributed by atoms with Gasteiger partial charge in [-0.05, 0) is 63.0 Å². The maximum Gasteiger partial charge on any atom is 0.255 e. The van der Waals surface area contributed by atoms with Gasteiger partial charge in [-0.2, -0.15) is 0 Å². The molecule has 3 amide bonds. The molecule has 1 unspecified atom stereocenters. The number of anilines is 1. The summed E-state index contributed by atoms with van der Waals surface area (Å²) in [7, 11) is 0. The fourth-order valence-electron chi connectivity index (χ4n) is 7.05. The number of nitrogens with one attached hydrogen (secondary N) is 2. The van der Waals surface area contributed by atoms with Gasteiger partial charge >= 0.3 is 0 Å². The van der Waals surface area contributed by atoms with E-state index in [0.717, 1.165) is 49.3 Å². The zero-order chi connectivity index (χ0) is 26.5. The summed E-state index contributed by atoms with van der Waals surface area (Å²) < 4.78 is 27.4. The van der Waals surface area contributed by atoms with E-state index in [1.165, 1.54) is 19.3 Å². The summed E-state index contributed by atoms with van der Waals surface area (Å²) in [4.78, 5) is 41.3. The second-order valence-corrected chi connectivity index (χ2v) is 12.2. The van der Waals surface area contributed by atoms with E-state index >= 15 is 0 Å². The number of rotatable bonds is 7. The third kappa shape index (κ3) is 5.18. The van der Waals surface area contributed by atoms with Crippen LogP contribution in [-0.2, 0) is 16.1 Å². The first kappa shape index (κ1) is 25.7. The number of imide groups is 1. The molecule has 2 aliphatic carbocycles. The van der Waals surface area contributed by atoms with Crippen LogP contribution < -0.4 is 10.6 Å². The molecule has 2 saturated carbocycles. The van der Waals surface area contributed by atoms with Crippen molar-refractivity contribution in [2.75, 3.05) is 18.4 Å². The molecule has 1 aromatic rings. The Morgan fingerprint density at radius 3 is 2.39 bits per heavy atom. The van der Waals surface area contributed by atoms with Gasteiger partial charge < -0.3 is 10.2 Å². The predicted molar refractivity (Wildman–Crippen MR) is 139 cm³/mol. The molecule has 0 spiro atoms. The summed E-state index contributed by atoms with van der Waals surface area (Å²) >= 11 is 0. The number of fused-ring (bicyclic) bond motifs is 1. The molecular formula is C29H38F2N4O3. The molecule has 9 heteroatoms. The van der Waals surface area contributed by atoms with Crippen molar-refractivity contribution in [2.45, 2.75) is 107 Å². The quantitative estimate of drug-likeness (QED) is 0.511. The molecule has 2 N–H and O–H groups in total. The highest BCUT2D eigenvalue weighted by Crippen LogP contribution is 2.44. The average molecular weight is 529 g/mol. The molecule has 5 aliphatic rings. The van der Waals surface area contributed by atoms with Crippen molar-refractivity contribution in [3.8, 4) is 0 Å². The molecule has 38 heavy (non-hydrogen) atoms. The lowest BCUT2D eigenvalue weighted by molar-refractivity contribution is -0.136. The van der Waals surface area contributed by atoms with Crippen molar-refractivity contribution in [1.29, 1.82) is 0 Å². The van der Waals surface area contributed by atoms with E-state index in [2.05, 4.69) is 15.5 Å². The topological polar surface area (TPSA) is 81.8 Å². The largest absolute Gasteiger partial charge is 0.379 e. The highest BCUT2D eigenvalue weighted by Gasteiger charge is 2.43. The normalized spacial score (nSPS) is 31.7. The van der Waals surface area contributed by atoms with Gasteiger partial charge in [-0.15, -0.1) is 0 Å². The maximum atomic E-state index is 13.7. The summed E-state index contributed by atoms with van der Waals surface area (Å²) in [5, 5.41) is 6.28. The Hall–Kier alpha value is -2.55. The zero-order valence-electron chi connectivity index (χ0n) is 21.9. The minimum Gasteiger partial charge on any atom is -0.379 e. The van der Waals surface area contributed by atoms with E-state index in [9.17, 15) is 23.2 Å². The first-order valence-electron chi connectivity index (χ1n) is 14.4. The van der Waals surface area contributed by atoms with E-state index in [1.54, 1.807) is 4.90 Å². The molecule has 7 nitrogen and oxygen atoms in total. The molecule has 1 aromatic carbocycles. The summed E-state index contributed by atoms with van der Waals surface area (Å²) in [6, 6.07) is 5.50. The van der Waals surface area contributed by atoms with Crippen molar-refractivity contribution < 1.29 is 23.2 Å². The number of alkyl halides is 2. The van der Waals surface area contributed by atoms with Crippen LogP contribution in [0.5, 0.6) is 0 Å². The average Bonchev–Trinajstić information content (AvgIpc) is 3.67. The Bertz CT molecular complexity index is 1100. The smallest absolute Gasteiger partial charge is 0.255 e. The van der Waals surface area contributed by atoms with Crippen LogP contribution in [-0.4, -0.2) is 64.2 Å². The summed E-state index contributed by atoms with van der Waals surface area (Å²) in [5.74, 6) is -2.55. The number of hydrogen-bond acceptors (Lipinski definition) is 5. The van der Waals surface area contributed by atoms with Crippen LogP contribution in [0.4, 0.5) is 14.5 Å². The fourth-order valence-corrected chi connectivity index (χ4v) is 7.05. The molecule has 3 aliphatic heterocycles. The van der Waals surface area contributed by atoms with Gasteiger partial charge in [0, 0.05) is 67.3 Å². The van der Waals surface area contributed by atoms with Crippen molar-refractivity contribution in [1.82, 2.24) is 15.1 Å². The number of amides is 3. The van der Waals surface area contributed by atoms with Crippen LogP contribution in [0.1, 0.15) is 93.0 Å². The Morgan fingerprint density at radius 1 is 0.974 bits per heavy atom. The Morgan fingerprint density at radius 2 is 1.71 bits per heavy atom. The molecule has 206 valence electrons. The van der Waals surface area contributed by atoms with E-state index < -0.39 is 17.9 Å². The number of nitrogens with zero attached hydrogens (tertiary/aromatic N) is 2. The first-order chi connectivity index (χ1) is 18.2. The Kier molecular flexibility index (Phi) is 6.69. The lowest BCUT2D eigenvalue weighted by atomic mass is 9.75. The van der Waals surface area contributed by atoms with Gasteiger partial charge in [-0.25, -0.2) is 8.78 Å². The molecule has 2 saturated heterocycles. The summed E-state index contributed by atoms with van der Waals surface area (Å²) in [6.45, 7) is 1.31. The van der Waals surface area contributed by atoms with Gasteiger partial charge in [0.1, 0.15) is 6.04 Å². The summed E-state index contributed by atoms with van der Waals surface area (Å²) in [5.41, 5.74) is 2.42. The SMILES string of the molecule is O=C1CCC(N2Cc3c(NC4(CCC5CC5)CCC(N5CCC(F)(F)CC5)CC4)cccc3C2=O)C(=O)N1. The second-order valence-electron chi connectivity index (χ2n) is 12.2. The van der Waals surface area contributed by atoms with E-state index in [1.807, 2.05) is 18.2 Å². The van der Waals surface area contributed by atoms with E-state index in [4.69, 9.17) is 0 Å².